The molecule has 84 valence electrons. The van der Waals surface area contributed by atoms with Gasteiger partial charge in [0.1, 0.15) is 0 Å². The van der Waals surface area contributed by atoms with E-state index in [2.05, 4.69) is 23.8 Å². The maximum Gasteiger partial charge on any atom is 0.198 e. The first-order valence-electron chi connectivity index (χ1n) is 5.20. The number of aromatic nitrogens is 2. The van der Waals surface area contributed by atoms with Crippen LogP contribution < -0.4 is 5.73 Å². The lowest BCUT2D eigenvalue weighted by Gasteiger charge is -2.06. The summed E-state index contributed by atoms with van der Waals surface area (Å²) in [7, 11) is 0. The fourth-order valence-corrected chi connectivity index (χ4v) is 1.91. The molecule has 2 rings (SSSR count). The van der Waals surface area contributed by atoms with Gasteiger partial charge in [-0.15, -0.1) is 0 Å². The van der Waals surface area contributed by atoms with Crippen LogP contribution in [0.15, 0.2) is 24.3 Å². The van der Waals surface area contributed by atoms with Gasteiger partial charge < -0.3 is 10.7 Å². The number of nitrogen functional groups attached to an aromatic ring is 1. The molecule has 0 aliphatic carbocycles. The Balaban J connectivity index is 2.60. The number of benzene rings is 1. The molecule has 2 aromatic rings. The monoisotopic (exact) mass is 235 g/mol. The van der Waals surface area contributed by atoms with Gasteiger partial charge in [-0.05, 0) is 12.0 Å². The molecule has 0 unspecified atom stereocenters. The van der Waals surface area contributed by atoms with E-state index in [4.69, 9.17) is 17.3 Å². The minimum absolute atomic E-state index is 0.330. The van der Waals surface area contributed by atoms with E-state index in [-0.39, 0.29) is 0 Å². The van der Waals surface area contributed by atoms with Crippen molar-refractivity contribution in [2.45, 2.75) is 19.8 Å². The average molecular weight is 236 g/mol. The molecule has 3 nitrogen and oxygen atoms in total. The molecule has 0 aliphatic rings. The Morgan fingerprint density at radius 2 is 2.00 bits per heavy atom. The fraction of sp³-hybridized carbons (Fsp3) is 0.250. The van der Waals surface area contributed by atoms with Crippen LogP contribution >= 0.6 is 11.6 Å². The standard InChI is InChI=1S/C12H14ClN3/c1-7(2)10-11(16-12(14)15-10)8-5-3-4-6-9(8)13/h3-7H,1-2H3,(H3,14,15,16). The average Bonchev–Trinajstić information content (AvgIpc) is 2.61. The van der Waals surface area contributed by atoms with Crippen molar-refractivity contribution in [3.63, 3.8) is 0 Å². The molecule has 1 heterocycles. The summed E-state index contributed by atoms with van der Waals surface area (Å²) in [5.41, 5.74) is 8.48. The molecule has 0 atom stereocenters. The maximum absolute atomic E-state index is 6.15. The molecular formula is C12H14ClN3. The lowest BCUT2D eigenvalue weighted by atomic mass is 10.0. The summed E-state index contributed by atoms with van der Waals surface area (Å²) in [6.45, 7) is 4.18. The molecule has 3 N–H and O–H groups in total. The third-order valence-electron chi connectivity index (χ3n) is 2.46. The molecule has 4 heteroatoms. The number of aromatic amines is 1. The summed E-state index contributed by atoms with van der Waals surface area (Å²) < 4.78 is 0. The molecule has 0 fully saturated rings. The number of nitrogens with two attached hydrogens (primary N) is 1. The molecule has 1 aromatic carbocycles. The van der Waals surface area contributed by atoms with Crippen LogP contribution in [0.25, 0.3) is 11.3 Å². The summed E-state index contributed by atoms with van der Waals surface area (Å²) in [4.78, 5) is 7.38. The van der Waals surface area contributed by atoms with E-state index in [1.807, 2.05) is 24.3 Å². The predicted octanol–water partition coefficient (Wildman–Crippen LogP) is 3.44. The van der Waals surface area contributed by atoms with E-state index >= 15 is 0 Å². The molecule has 0 bridgehead atoms. The lowest BCUT2D eigenvalue weighted by molar-refractivity contribution is 0.836. The van der Waals surface area contributed by atoms with E-state index in [1.165, 1.54) is 0 Å². The zero-order valence-electron chi connectivity index (χ0n) is 9.29. The predicted molar refractivity (Wildman–Crippen MR) is 67.5 cm³/mol. The van der Waals surface area contributed by atoms with Gasteiger partial charge in [-0.2, -0.15) is 0 Å². The van der Waals surface area contributed by atoms with Crippen molar-refractivity contribution in [1.82, 2.24) is 9.97 Å². The summed E-state index contributed by atoms with van der Waals surface area (Å²) in [5, 5.41) is 0.691. The molecule has 1 aromatic heterocycles. The first-order chi connectivity index (χ1) is 7.59. The third-order valence-corrected chi connectivity index (χ3v) is 2.79. The summed E-state index contributed by atoms with van der Waals surface area (Å²) >= 11 is 6.15. The van der Waals surface area contributed by atoms with Crippen LogP contribution in [-0.4, -0.2) is 9.97 Å². The third kappa shape index (κ3) is 1.91. The number of nitrogens with zero attached hydrogens (tertiary/aromatic N) is 1. The van der Waals surface area contributed by atoms with Gasteiger partial charge in [0, 0.05) is 11.3 Å². The zero-order valence-corrected chi connectivity index (χ0v) is 10.0. The number of rotatable bonds is 2. The minimum atomic E-state index is 0.330. The molecule has 0 radical (unpaired) electrons. The van der Waals surface area contributed by atoms with Crippen molar-refractivity contribution in [3.8, 4) is 11.3 Å². The number of imidazole rings is 1. The molecule has 16 heavy (non-hydrogen) atoms. The highest BCUT2D eigenvalue weighted by Gasteiger charge is 2.15. The van der Waals surface area contributed by atoms with Crippen LogP contribution in [0.3, 0.4) is 0 Å². The highest BCUT2D eigenvalue weighted by molar-refractivity contribution is 6.33. The summed E-state index contributed by atoms with van der Waals surface area (Å²) in [6, 6.07) is 7.64. The van der Waals surface area contributed by atoms with E-state index in [9.17, 15) is 0 Å². The van der Waals surface area contributed by atoms with Crippen LogP contribution in [0.2, 0.25) is 5.02 Å². The van der Waals surface area contributed by atoms with Gasteiger partial charge in [0.2, 0.25) is 0 Å². The first kappa shape index (κ1) is 11.0. The molecular weight excluding hydrogens is 222 g/mol. The summed E-state index contributed by atoms with van der Waals surface area (Å²) in [5.74, 6) is 0.759. The highest BCUT2D eigenvalue weighted by Crippen LogP contribution is 2.32. The number of H-pyrrole nitrogens is 1. The van der Waals surface area contributed by atoms with E-state index in [0.717, 1.165) is 17.0 Å². The smallest absolute Gasteiger partial charge is 0.198 e. The second-order valence-electron chi connectivity index (χ2n) is 4.02. The van der Waals surface area contributed by atoms with Crippen molar-refractivity contribution in [1.29, 1.82) is 0 Å². The minimum Gasteiger partial charge on any atom is -0.369 e. The van der Waals surface area contributed by atoms with Crippen molar-refractivity contribution in [2.75, 3.05) is 5.73 Å². The lowest BCUT2D eigenvalue weighted by Crippen LogP contribution is -1.92. The van der Waals surface area contributed by atoms with Gasteiger partial charge in [-0.25, -0.2) is 4.98 Å². The van der Waals surface area contributed by atoms with Crippen LogP contribution in [0.1, 0.15) is 25.5 Å². The quantitative estimate of drug-likeness (QED) is 0.838. The van der Waals surface area contributed by atoms with Crippen LogP contribution in [0, 0.1) is 0 Å². The maximum atomic E-state index is 6.15. The van der Waals surface area contributed by atoms with Gasteiger partial charge in [0.15, 0.2) is 5.95 Å². The van der Waals surface area contributed by atoms with Gasteiger partial charge in [-0.1, -0.05) is 43.6 Å². The number of anilines is 1. The van der Waals surface area contributed by atoms with Gasteiger partial charge in [-0.3, -0.25) is 0 Å². The van der Waals surface area contributed by atoms with Crippen molar-refractivity contribution in [2.24, 2.45) is 0 Å². The second kappa shape index (κ2) is 4.18. The van der Waals surface area contributed by atoms with Crippen LogP contribution in [-0.2, 0) is 0 Å². The van der Waals surface area contributed by atoms with E-state index < -0.39 is 0 Å². The van der Waals surface area contributed by atoms with E-state index in [1.54, 1.807) is 0 Å². The molecule has 0 spiro atoms. The largest absolute Gasteiger partial charge is 0.369 e. The number of hydrogen-bond acceptors (Lipinski definition) is 2. The Kier molecular flexibility index (Phi) is 2.88. The van der Waals surface area contributed by atoms with E-state index in [0.29, 0.717) is 16.9 Å². The normalized spacial score (nSPS) is 11.0. The highest BCUT2D eigenvalue weighted by atomic mass is 35.5. The number of hydrogen-bond donors (Lipinski definition) is 2. The van der Waals surface area contributed by atoms with Crippen molar-refractivity contribution >= 4 is 17.5 Å². The zero-order chi connectivity index (χ0) is 11.7. The molecule has 0 amide bonds. The van der Waals surface area contributed by atoms with Crippen LogP contribution in [0.5, 0.6) is 0 Å². The van der Waals surface area contributed by atoms with Crippen LogP contribution in [0.4, 0.5) is 5.95 Å². The van der Waals surface area contributed by atoms with Gasteiger partial charge in [0.25, 0.3) is 0 Å². The second-order valence-corrected chi connectivity index (χ2v) is 4.43. The number of halogens is 1. The fourth-order valence-electron chi connectivity index (χ4n) is 1.68. The topological polar surface area (TPSA) is 54.7 Å². The molecule has 0 saturated carbocycles. The SMILES string of the molecule is CC(C)c1[nH]c(N)nc1-c1ccccc1Cl. The molecule has 0 saturated heterocycles. The Hall–Kier alpha value is -1.48. The first-order valence-corrected chi connectivity index (χ1v) is 5.57. The Labute approximate surface area is 99.7 Å². The Morgan fingerprint density at radius 3 is 2.62 bits per heavy atom. The summed E-state index contributed by atoms with van der Waals surface area (Å²) in [6.07, 6.45) is 0. The van der Waals surface area contributed by atoms with Gasteiger partial charge >= 0.3 is 0 Å². The number of nitrogens with one attached hydrogen (secondary N) is 1. The molecule has 0 aliphatic heterocycles. The van der Waals surface area contributed by atoms with Crippen molar-refractivity contribution in [3.05, 3.63) is 35.0 Å². The Bertz CT molecular complexity index is 503. The Morgan fingerprint density at radius 1 is 1.31 bits per heavy atom. The van der Waals surface area contributed by atoms with Crippen molar-refractivity contribution < 1.29 is 0 Å². The van der Waals surface area contributed by atoms with Gasteiger partial charge in [0.05, 0.1) is 10.7 Å².